The van der Waals surface area contributed by atoms with Gasteiger partial charge in [-0.25, -0.2) is 4.98 Å². The van der Waals surface area contributed by atoms with Crippen LogP contribution in [0, 0.1) is 29.6 Å². The van der Waals surface area contributed by atoms with Crippen molar-refractivity contribution in [3.05, 3.63) is 47.9 Å². The van der Waals surface area contributed by atoms with Crippen LogP contribution >= 0.6 is 11.3 Å². The van der Waals surface area contributed by atoms with Crippen molar-refractivity contribution in [3.8, 4) is 0 Å². The van der Waals surface area contributed by atoms with Crippen molar-refractivity contribution < 1.29 is 4.79 Å². The monoisotopic (exact) mass is 583 g/mol. The van der Waals surface area contributed by atoms with E-state index in [1.165, 1.54) is 57.3 Å². The summed E-state index contributed by atoms with van der Waals surface area (Å²) in [5.41, 5.74) is 8.96. The van der Waals surface area contributed by atoms with E-state index in [1.54, 1.807) is 11.3 Å². The summed E-state index contributed by atoms with van der Waals surface area (Å²) in [6.07, 6.45) is 14.0. The summed E-state index contributed by atoms with van der Waals surface area (Å²) in [4.78, 5) is 27.3. The third-order valence-electron chi connectivity index (χ3n) is 10.9. The van der Waals surface area contributed by atoms with E-state index >= 15 is 0 Å². The molecule has 3 saturated carbocycles. The lowest BCUT2D eigenvalue weighted by Gasteiger charge is -2.50. The fraction of sp³-hybridized carbons (Fsp3) is 0.545. The number of carbonyl (C=O) groups excluding carboxylic acids is 1. The highest BCUT2D eigenvalue weighted by Crippen LogP contribution is 2.46. The van der Waals surface area contributed by atoms with Gasteiger partial charge < -0.3 is 21.3 Å². The predicted molar refractivity (Wildman–Crippen MR) is 170 cm³/mol. The molecule has 1 aliphatic heterocycles. The predicted octanol–water partition coefficient (Wildman–Crippen LogP) is 5.61. The van der Waals surface area contributed by atoms with Crippen LogP contribution in [0.25, 0.3) is 10.2 Å². The Balaban J connectivity index is 0.942. The molecule has 5 aliphatic rings. The highest BCUT2D eigenvalue weighted by molar-refractivity contribution is 7.17. The van der Waals surface area contributed by atoms with Crippen molar-refractivity contribution in [3.63, 3.8) is 0 Å². The number of hydrogen-bond donors (Lipinski definition) is 3. The van der Waals surface area contributed by atoms with Crippen molar-refractivity contribution in [2.45, 2.75) is 57.0 Å². The Kier molecular flexibility index (Phi) is 6.82. The molecule has 4 fully saturated rings. The number of anilines is 4. The highest BCUT2D eigenvalue weighted by Gasteiger charge is 2.48. The average Bonchev–Trinajstić information content (AvgIpc) is 3.74. The molecule has 4 unspecified atom stereocenters. The van der Waals surface area contributed by atoms with E-state index in [0.29, 0.717) is 11.9 Å². The normalized spacial score (nSPS) is 32.4. The number of piperazine rings is 1. The summed E-state index contributed by atoms with van der Waals surface area (Å²) in [5.74, 6) is 3.27. The molecule has 42 heavy (non-hydrogen) atoms. The Hall–Kier alpha value is -3.17. The average molecular weight is 584 g/mol. The smallest absolute Gasteiger partial charge is 0.229 e. The first-order chi connectivity index (χ1) is 20.6. The number of carbonyl (C=O) groups is 1. The number of rotatable bonds is 7. The van der Waals surface area contributed by atoms with Crippen molar-refractivity contribution in [1.29, 1.82) is 0 Å². The number of hydrogen-bond acceptors (Lipinski definition) is 8. The largest absolute Gasteiger partial charge is 0.369 e. The van der Waals surface area contributed by atoms with Crippen LogP contribution in [-0.4, -0.2) is 59.0 Å². The number of allylic oxidation sites excluding steroid dienone is 1. The van der Waals surface area contributed by atoms with Gasteiger partial charge in [0.15, 0.2) is 0 Å². The highest BCUT2D eigenvalue weighted by atomic mass is 32.1. The van der Waals surface area contributed by atoms with Gasteiger partial charge in [-0.15, -0.1) is 11.3 Å². The lowest BCUT2D eigenvalue weighted by atomic mass is 9.68. The Morgan fingerprint density at radius 3 is 2.33 bits per heavy atom. The van der Waals surface area contributed by atoms with Gasteiger partial charge in [-0.05, 0) is 91.5 Å². The Morgan fingerprint density at radius 2 is 1.62 bits per heavy atom. The third kappa shape index (κ3) is 4.74. The Labute approximate surface area is 251 Å². The molecule has 8 nitrogen and oxygen atoms in total. The van der Waals surface area contributed by atoms with Crippen LogP contribution in [0.15, 0.2) is 47.9 Å². The lowest BCUT2D eigenvalue weighted by Crippen LogP contribution is -2.56. The molecule has 3 aromatic rings. The van der Waals surface area contributed by atoms with Crippen LogP contribution in [0.3, 0.4) is 0 Å². The van der Waals surface area contributed by atoms with Crippen molar-refractivity contribution in [2.24, 2.45) is 35.3 Å². The number of nitrogens with zero attached hydrogens (tertiary/aromatic N) is 4. The molecule has 9 heteroatoms. The topological polar surface area (TPSA) is 99.4 Å². The van der Waals surface area contributed by atoms with Gasteiger partial charge in [-0.1, -0.05) is 25.0 Å². The zero-order valence-corrected chi connectivity index (χ0v) is 24.9. The van der Waals surface area contributed by atoms with Crippen molar-refractivity contribution in [1.82, 2.24) is 14.9 Å². The molecular weight excluding hydrogens is 542 g/mol. The zero-order chi connectivity index (χ0) is 28.2. The lowest BCUT2D eigenvalue weighted by molar-refractivity contribution is -0.122. The number of nitrogens with one attached hydrogen (secondary N) is 2. The molecular formula is C33H41N7OS. The van der Waals surface area contributed by atoms with Crippen LogP contribution in [0.4, 0.5) is 23.1 Å². The van der Waals surface area contributed by atoms with Gasteiger partial charge in [0.1, 0.15) is 5.82 Å². The number of amides is 1. The fourth-order valence-electron chi connectivity index (χ4n) is 8.98. The van der Waals surface area contributed by atoms with Crippen molar-refractivity contribution in [2.75, 3.05) is 41.7 Å². The quantitative estimate of drug-likeness (QED) is 0.311. The van der Waals surface area contributed by atoms with Gasteiger partial charge in [0, 0.05) is 49.6 Å². The summed E-state index contributed by atoms with van der Waals surface area (Å²) < 4.78 is 1.00. The minimum Gasteiger partial charge on any atom is -0.369 e. The maximum atomic E-state index is 12.3. The third-order valence-corrected chi connectivity index (χ3v) is 11.8. The number of primary amides is 1. The first kappa shape index (κ1) is 26.5. The van der Waals surface area contributed by atoms with Gasteiger partial charge in [0.25, 0.3) is 0 Å². The van der Waals surface area contributed by atoms with Crippen molar-refractivity contribution >= 4 is 50.6 Å². The molecule has 0 spiro atoms. The molecule has 2 aromatic heterocycles. The Bertz CT molecular complexity index is 1460. The van der Waals surface area contributed by atoms with Crippen LogP contribution in [0.2, 0.25) is 0 Å². The molecule has 1 amide bonds. The number of benzene rings is 1. The first-order valence-corrected chi connectivity index (χ1v) is 16.8. The summed E-state index contributed by atoms with van der Waals surface area (Å²) in [5, 5.41) is 9.08. The second-order valence-corrected chi connectivity index (χ2v) is 14.1. The Morgan fingerprint density at radius 1 is 0.905 bits per heavy atom. The summed E-state index contributed by atoms with van der Waals surface area (Å²) in [6, 6.07) is 11.5. The second-order valence-electron chi connectivity index (χ2n) is 13.1. The molecule has 4 N–H and O–H groups in total. The molecule has 4 bridgehead atoms. The summed E-state index contributed by atoms with van der Waals surface area (Å²) in [6.45, 7) is 4.55. The zero-order valence-electron chi connectivity index (χ0n) is 24.1. The summed E-state index contributed by atoms with van der Waals surface area (Å²) >= 11 is 1.61. The first-order valence-electron chi connectivity index (χ1n) is 16.0. The minimum absolute atomic E-state index is 0.0389. The van der Waals surface area contributed by atoms with Gasteiger partial charge in [0.2, 0.25) is 11.9 Å². The van der Waals surface area contributed by atoms with E-state index in [4.69, 9.17) is 15.7 Å². The fourth-order valence-corrected chi connectivity index (χ4v) is 9.77. The van der Waals surface area contributed by atoms with Gasteiger partial charge >= 0.3 is 0 Å². The summed E-state index contributed by atoms with van der Waals surface area (Å²) in [7, 11) is 0. The van der Waals surface area contributed by atoms with E-state index < -0.39 is 0 Å². The molecule has 3 heterocycles. The molecule has 0 radical (unpaired) electrons. The maximum Gasteiger partial charge on any atom is 0.229 e. The van der Waals surface area contributed by atoms with Gasteiger partial charge in [0.05, 0.1) is 16.1 Å². The molecule has 4 atom stereocenters. The molecule has 1 aromatic carbocycles. The second kappa shape index (κ2) is 10.8. The van der Waals surface area contributed by atoms with Gasteiger partial charge in [-0.2, -0.15) is 4.98 Å². The van der Waals surface area contributed by atoms with E-state index in [9.17, 15) is 4.79 Å². The number of nitrogens with two attached hydrogens (primary N) is 1. The van der Waals surface area contributed by atoms with Crippen LogP contribution in [0.5, 0.6) is 0 Å². The van der Waals surface area contributed by atoms with Crippen LogP contribution in [0.1, 0.15) is 44.9 Å². The molecule has 1 saturated heterocycles. The van der Waals surface area contributed by atoms with E-state index in [-0.39, 0.29) is 23.8 Å². The van der Waals surface area contributed by atoms with Crippen LogP contribution < -0.4 is 21.3 Å². The van der Waals surface area contributed by atoms with Gasteiger partial charge in [-0.3, -0.25) is 9.69 Å². The van der Waals surface area contributed by atoms with E-state index in [0.717, 1.165) is 59.1 Å². The van der Waals surface area contributed by atoms with E-state index in [2.05, 4.69) is 56.9 Å². The molecule has 8 rings (SSSR count). The molecule has 4 aliphatic carbocycles. The minimum atomic E-state index is -0.239. The SMILES string of the molecule is NC(=O)C1C2C=CC(C2)C1Nc1nc(Nc2ccc(N3CCN(C4C5CCCC4CCC5)CC3)cc2)nc2ccsc12. The van der Waals surface area contributed by atoms with Crippen LogP contribution in [-0.2, 0) is 4.79 Å². The number of fused-ring (bicyclic) bond motifs is 5. The number of thiophene rings is 1. The standard InChI is InChI=1S/C33H41N7OS/c34-31(41)27-22-7-8-23(19-22)28(27)37-32-30-26(13-18-42-30)36-33(38-32)35-24-9-11-25(12-10-24)39-14-16-40(17-15-39)29-20-3-1-4-21(29)6-2-5-20/h7-13,18,20-23,27-29H,1-6,14-17,19H2,(H2,34,41)(H2,35,36,37,38). The van der Waals surface area contributed by atoms with E-state index in [1.807, 2.05) is 11.4 Å². The number of aromatic nitrogens is 2. The maximum absolute atomic E-state index is 12.3. The molecule has 220 valence electrons.